The van der Waals surface area contributed by atoms with Crippen molar-refractivity contribution in [2.75, 3.05) is 14.1 Å². The number of carbonyl (C=O) groups is 1. The summed E-state index contributed by atoms with van der Waals surface area (Å²) >= 11 is 0. The molecular weight excluding hydrogens is 182 g/mol. The van der Waals surface area contributed by atoms with Crippen LogP contribution in [0.15, 0.2) is 6.33 Å². The van der Waals surface area contributed by atoms with Gasteiger partial charge in [0.2, 0.25) is 5.91 Å². The summed E-state index contributed by atoms with van der Waals surface area (Å²) < 4.78 is 1.38. The Bertz CT molecular complexity index is 375. The third-order valence-electron chi connectivity index (χ3n) is 1.80. The molecule has 6 heteroatoms. The van der Waals surface area contributed by atoms with Gasteiger partial charge < -0.3 is 4.90 Å². The molecule has 0 aliphatic carbocycles. The van der Waals surface area contributed by atoms with Gasteiger partial charge in [-0.25, -0.2) is 9.67 Å². The summed E-state index contributed by atoms with van der Waals surface area (Å²) in [6.45, 7) is 1.71. The molecule has 0 aliphatic rings. The van der Waals surface area contributed by atoms with E-state index in [0.29, 0.717) is 0 Å². The number of amides is 1. The Balaban J connectivity index is 2.85. The van der Waals surface area contributed by atoms with E-state index in [9.17, 15) is 4.79 Å². The first-order chi connectivity index (χ1) is 6.56. The van der Waals surface area contributed by atoms with E-state index in [0.717, 1.165) is 0 Å². The van der Waals surface area contributed by atoms with E-state index >= 15 is 0 Å². The summed E-state index contributed by atoms with van der Waals surface area (Å²) in [6, 6.07) is 1.37. The average Bonchev–Trinajstić information content (AvgIpc) is 2.63. The van der Waals surface area contributed by atoms with Gasteiger partial charge in [-0.15, -0.1) is 5.10 Å². The summed E-state index contributed by atoms with van der Waals surface area (Å²) in [5.74, 6) is -0.0113. The molecule has 1 unspecified atom stereocenters. The van der Waals surface area contributed by atoms with Crippen molar-refractivity contribution in [1.82, 2.24) is 19.7 Å². The summed E-state index contributed by atoms with van der Waals surface area (Å²) in [5.41, 5.74) is 0. The topological polar surface area (TPSA) is 74.8 Å². The number of nitrogens with zero attached hydrogens (tertiary/aromatic N) is 5. The molecule has 0 radical (unpaired) electrons. The molecule has 0 saturated carbocycles. The summed E-state index contributed by atoms with van der Waals surface area (Å²) in [5, 5.41) is 12.3. The molecule has 0 spiro atoms. The highest BCUT2D eigenvalue weighted by Crippen LogP contribution is 2.05. The second-order valence-electron chi connectivity index (χ2n) is 3.07. The van der Waals surface area contributed by atoms with Gasteiger partial charge in [0.05, 0.1) is 0 Å². The van der Waals surface area contributed by atoms with E-state index in [1.807, 2.05) is 0 Å². The van der Waals surface area contributed by atoms with Crippen LogP contribution in [0, 0.1) is 11.3 Å². The molecule has 0 fully saturated rings. The van der Waals surface area contributed by atoms with E-state index in [2.05, 4.69) is 10.1 Å². The van der Waals surface area contributed by atoms with Crippen LogP contribution in [0.25, 0.3) is 0 Å². The predicted molar refractivity (Wildman–Crippen MR) is 48.1 cm³/mol. The minimum atomic E-state index is -0.431. The molecule has 0 N–H and O–H groups in total. The van der Waals surface area contributed by atoms with Crippen LogP contribution in [0.1, 0.15) is 18.8 Å². The number of carbonyl (C=O) groups excluding carboxylic acids is 1. The van der Waals surface area contributed by atoms with Gasteiger partial charge >= 0.3 is 0 Å². The Kier molecular flexibility index (Phi) is 2.82. The van der Waals surface area contributed by atoms with Gasteiger partial charge in [0.1, 0.15) is 18.4 Å². The highest BCUT2D eigenvalue weighted by atomic mass is 16.2. The quantitative estimate of drug-likeness (QED) is 0.651. The molecule has 6 nitrogen and oxygen atoms in total. The SMILES string of the molecule is CC(C(=O)N(C)C)n1cnc(C#N)n1. The van der Waals surface area contributed by atoms with Gasteiger partial charge in [0.25, 0.3) is 5.82 Å². The molecule has 0 bridgehead atoms. The van der Waals surface area contributed by atoms with Crippen molar-refractivity contribution in [3.05, 3.63) is 12.2 Å². The number of likely N-dealkylation sites (N-methyl/N-ethyl adjacent to an activating group) is 1. The second-order valence-corrected chi connectivity index (χ2v) is 3.07. The molecule has 0 aromatic carbocycles. The number of hydrogen-bond acceptors (Lipinski definition) is 4. The minimum Gasteiger partial charge on any atom is -0.347 e. The first kappa shape index (κ1) is 10.2. The standard InChI is InChI=1S/C8H11N5O/c1-6(8(14)12(2)3)13-5-10-7(4-9)11-13/h5-6H,1-3H3. The maximum absolute atomic E-state index is 11.5. The van der Waals surface area contributed by atoms with Crippen molar-refractivity contribution < 1.29 is 4.79 Å². The first-order valence-corrected chi connectivity index (χ1v) is 4.08. The fraction of sp³-hybridized carbons (Fsp3) is 0.500. The van der Waals surface area contributed by atoms with E-state index in [-0.39, 0.29) is 11.7 Å². The smallest absolute Gasteiger partial charge is 0.252 e. The third kappa shape index (κ3) is 1.88. The van der Waals surface area contributed by atoms with Gasteiger partial charge in [-0.2, -0.15) is 5.26 Å². The number of rotatable bonds is 2. The van der Waals surface area contributed by atoms with Gasteiger partial charge in [-0.1, -0.05) is 0 Å². The van der Waals surface area contributed by atoms with Crippen LogP contribution in [-0.2, 0) is 4.79 Å². The lowest BCUT2D eigenvalue weighted by atomic mass is 10.3. The van der Waals surface area contributed by atoms with Gasteiger partial charge in [-0.3, -0.25) is 4.79 Å². The average molecular weight is 193 g/mol. The molecule has 1 aromatic rings. The minimum absolute atomic E-state index is 0.0726. The molecule has 0 saturated heterocycles. The van der Waals surface area contributed by atoms with E-state index < -0.39 is 6.04 Å². The number of nitriles is 1. The molecule has 0 aliphatic heterocycles. The van der Waals surface area contributed by atoms with Crippen LogP contribution >= 0.6 is 0 Å². The summed E-state index contributed by atoms with van der Waals surface area (Å²) in [4.78, 5) is 16.7. The van der Waals surface area contributed by atoms with Crippen molar-refractivity contribution in [3.63, 3.8) is 0 Å². The van der Waals surface area contributed by atoms with Crippen molar-refractivity contribution >= 4 is 5.91 Å². The van der Waals surface area contributed by atoms with Crippen molar-refractivity contribution in [3.8, 4) is 6.07 Å². The zero-order valence-corrected chi connectivity index (χ0v) is 8.30. The van der Waals surface area contributed by atoms with E-state index in [1.54, 1.807) is 27.1 Å². The monoisotopic (exact) mass is 193 g/mol. The van der Waals surface area contributed by atoms with Gasteiger partial charge in [0.15, 0.2) is 0 Å². The molecule has 1 atom stereocenters. The van der Waals surface area contributed by atoms with Crippen LogP contribution in [0.5, 0.6) is 0 Å². The molecule has 1 amide bonds. The Hall–Kier alpha value is -1.90. The molecule has 14 heavy (non-hydrogen) atoms. The largest absolute Gasteiger partial charge is 0.347 e. The Morgan fingerprint density at radius 3 is 2.79 bits per heavy atom. The van der Waals surface area contributed by atoms with Gasteiger partial charge in [-0.05, 0) is 6.92 Å². The Morgan fingerprint density at radius 1 is 1.71 bits per heavy atom. The fourth-order valence-corrected chi connectivity index (χ4v) is 1.000. The zero-order valence-electron chi connectivity index (χ0n) is 8.30. The van der Waals surface area contributed by atoms with Crippen LogP contribution in [0.2, 0.25) is 0 Å². The normalized spacial score (nSPS) is 11.9. The predicted octanol–water partition coefficient (Wildman–Crippen LogP) is -0.201. The van der Waals surface area contributed by atoms with Crippen molar-refractivity contribution in [1.29, 1.82) is 5.26 Å². The molecule has 1 rings (SSSR count). The lowest BCUT2D eigenvalue weighted by molar-refractivity contribution is -0.131. The number of aromatic nitrogens is 3. The highest BCUT2D eigenvalue weighted by molar-refractivity contribution is 5.79. The van der Waals surface area contributed by atoms with Crippen LogP contribution in [-0.4, -0.2) is 39.7 Å². The highest BCUT2D eigenvalue weighted by Gasteiger charge is 2.17. The molecule has 74 valence electrons. The van der Waals surface area contributed by atoms with Crippen molar-refractivity contribution in [2.24, 2.45) is 0 Å². The fourth-order valence-electron chi connectivity index (χ4n) is 1.000. The lowest BCUT2D eigenvalue weighted by Crippen LogP contribution is -2.30. The zero-order chi connectivity index (χ0) is 10.7. The maximum Gasteiger partial charge on any atom is 0.252 e. The molecule has 1 heterocycles. The lowest BCUT2D eigenvalue weighted by Gasteiger charge is -2.16. The maximum atomic E-state index is 11.5. The van der Waals surface area contributed by atoms with E-state index in [4.69, 9.17) is 5.26 Å². The molecular formula is C8H11N5O. The van der Waals surface area contributed by atoms with Gasteiger partial charge in [0, 0.05) is 14.1 Å². The third-order valence-corrected chi connectivity index (χ3v) is 1.80. The number of hydrogen-bond donors (Lipinski definition) is 0. The summed E-state index contributed by atoms with van der Waals surface area (Å²) in [6.07, 6.45) is 1.38. The van der Waals surface area contributed by atoms with Crippen LogP contribution in [0.4, 0.5) is 0 Å². The van der Waals surface area contributed by atoms with E-state index in [1.165, 1.54) is 15.9 Å². The molecule has 1 aromatic heterocycles. The van der Waals surface area contributed by atoms with Crippen molar-refractivity contribution in [2.45, 2.75) is 13.0 Å². The first-order valence-electron chi connectivity index (χ1n) is 4.08. The Labute approximate surface area is 81.8 Å². The summed E-state index contributed by atoms with van der Waals surface area (Å²) in [7, 11) is 3.34. The Morgan fingerprint density at radius 2 is 2.36 bits per heavy atom. The van der Waals surface area contributed by atoms with Crippen LogP contribution in [0.3, 0.4) is 0 Å². The van der Waals surface area contributed by atoms with Crippen LogP contribution < -0.4 is 0 Å². The second kappa shape index (κ2) is 3.87.